The van der Waals surface area contributed by atoms with E-state index in [4.69, 9.17) is 0 Å². The Labute approximate surface area is 116 Å². The summed E-state index contributed by atoms with van der Waals surface area (Å²) < 4.78 is 0. The van der Waals surface area contributed by atoms with E-state index in [9.17, 15) is 9.59 Å². The fraction of sp³-hybridized carbons (Fsp3) is 0.429. The molecule has 1 heterocycles. The number of carbonyl (C=O) groups excluding carboxylic acids is 2. The monoisotopic (exact) mass is 276 g/mol. The van der Waals surface area contributed by atoms with Crippen LogP contribution in [0.3, 0.4) is 0 Å². The van der Waals surface area contributed by atoms with E-state index >= 15 is 0 Å². The normalized spacial score (nSPS) is 21.6. The van der Waals surface area contributed by atoms with Gasteiger partial charge in [-0.05, 0) is 24.0 Å². The summed E-state index contributed by atoms with van der Waals surface area (Å²) in [5.41, 5.74) is 2.54. The van der Waals surface area contributed by atoms with Crippen LogP contribution in [0.15, 0.2) is 24.3 Å². The molecule has 100 valence electrons. The summed E-state index contributed by atoms with van der Waals surface area (Å²) in [7, 11) is 0. The highest BCUT2D eigenvalue weighted by Gasteiger charge is 2.26. The Hall–Kier alpha value is -1.49. The predicted molar refractivity (Wildman–Crippen MR) is 74.7 cm³/mol. The van der Waals surface area contributed by atoms with Crippen LogP contribution >= 0.6 is 11.8 Å². The van der Waals surface area contributed by atoms with Crippen molar-refractivity contribution >= 4 is 23.6 Å². The van der Waals surface area contributed by atoms with Crippen LogP contribution in [-0.2, 0) is 16.0 Å². The summed E-state index contributed by atoms with van der Waals surface area (Å²) in [4.78, 5) is 25.1. The number of amides is 2. The highest BCUT2D eigenvalue weighted by molar-refractivity contribution is 8.00. The molecular formula is C14H16N2O2S. The Bertz CT molecular complexity index is 518. The van der Waals surface area contributed by atoms with Crippen molar-refractivity contribution in [2.75, 3.05) is 18.2 Å². The zero-order chi connectivity index (χ0) is 13.2. The standard InChI is InChI=1S/C14H16N2O2S/c17-13(7-16-9-19-8-14(16)18)15-12-6-5-10-3-1-2-4-11(10)12/h1-4,12H,5-9H2,(H,15,17). The first-order valence-electron chi connectivity index (χ1n) is 6.47. The molecule has 0 bridgehead atoms. The third-order valence-electron chi connectivity index (χ3n) is 3.63. The maximum Gasteiger partial charge on any atom is 0.240 e. The van der Waals surface area contributed by atoms with Crippen LogP contribution in [0.2, 0.25) is 0 Å². The molecule has 1 N–H and O–H groups in total. The molecule has 0 aromatic heterocycles. The smallest absolute Gasteiger partial charge is 0.240 e. The van der Waals surface area contributed by atoms with Gasteiger partial charge in [-0.25, -0.2) is 0 Å². The molecule has 1 aromatic carbocycles. The van der Waals surface area contributed by atoms with Gasteiger partial charge in [0.2, 0.25) is 11.8 Å². The lowest BCUT2D eigenvalue weighted by molar-refractivity contribution is -0.132. The van der Waals surface area contributed by atoms with Gasteiger partial charge in [-0.15, -0.1) is 11.8 Å². The van der Waals surface area contributed by atoms with E-state index in [1.54, 1.807) is 16.7 Å². The average Bonchev–Trinajstić information content (AvgIpc) is 2.98. The number of hydrogen-bond acceptors (Lipinski definition) is 3. The van der Waals surface area contributed by atoms with Gasteiger partial charge in [-0.1, -0.05) is 24.3 Å². The number of hydrogen-bond donors (Lipinski definition) is 1. The Kier molecular flexibility index (Phi) is 3.46. The molecule has 1 atom stereocenters. The third-order valence-corrected chi connectivity index (χ3v) is 4.57. The summed E-state index contributed by atoms with van der Waals surface area (Å²) in [6, 6.07) is 8.33. The molecule has 2 aliphatic rings. The Morgan fingerprint density at radius 1 is 1.42 bits per heavy atom. The van der Waals surface area contributed by atoms with Crippen molar-refractivity contribution in [2.24, 2.45) is 0 Å². The van der Waals surface area contributed by atoms with Crippen LogP contribution in [-0.4, -0.2) is 34.9 Å². The third kappa shape index (κ3) is 2.61. The molecule has 4 nitrogen and oxygen atoms in total. The van der Waals surface area contributed by atoms with Crippen molar-refractivity contribution in [1.82, 2.24) is 10.2 Å². The van der Waals surface area contributed by atoms with E-state index in [1.807, 2.05) is 12.1 Å². The molecule has 1 saturated heterocycles. The number of nitrogens with zero attached hydrogens (tertiary/aromatic N) is 1. The zero-order valence-corrected chi connectivity index (χ0v) is 11.4. The fourth-order valence-corrected chi connectivity index (χ4v) is 3.56. The first-order valence-corrected chi connectivity index (χ1v) is 7.62. The van der Waals surface area contributed by atoms with Gasteiger partial charge < -0.3 is 10.2 Å². The summed E-state index contributed by atoms with van der Waals surface area (Å²) in [6.07, 6.45) is 1.97. The van der Waals surface area contributed by atoms with Crippen molar-refractivity contribution in [2.45, 2.75) is 18.9 Å². The summed E-state index contributed by atoms with van der Waals surface area (Å²) in [5.74, 6) is 1.14. The molecule has 1 aromatic rings. The minimum atomic E-state index is -0.0578. The van der Waals surface area contributed by atoms with Crippen molar-refractivity contribution in [3.63, 3.8) is 0 Å². The maximum atomic E-state index is 12.0. The van der Waals surface area contributed by atoms with E-state index in [-0.39, 0.29) is 24.4 Å². The molecule has 1 unspecified atom stereocenters. The van der Waals surface area contributed by atoms with E-state index in [0.717, 1.165) is 12.8 Å². The lowest BCUT2D eigenvalue weighted by Gasteiger charge is -2.18. The van der Waals surface area contributed by atoms with Crippen LogP contribution < -0.4 is 5.32 Å². The summed E-state index contributed by atoms with van der Waals surface area (Å²) in [5, 5.41) is 3.04. The molecule has 1 aliphatic carbocycles. The molecule has 0 saturated carbocycles. The minimum Gasteiger partial charge on any atom is -0.348 e. The first kappa shape index (κ1) is 12.5. The lowest BCUT2D eigenvalue weighted by atomic mass is 10.1. The number of benzene rings is 1. The Morgan fingerprint density at radius 3 is 3.05 bits per heavy atom. The van der Waals surface area contributed by atoms with Gasteiger partial charge >= 0.3 is 0 Å². The van der Waals surface area contributed by atoms with Gasteiger partial charge in [0.1, 0.15) is 6.54 Å². The molecule has 3 rings (SSSR count). The van der Waals surface area contributed by atoms with Gasteiger partial charge in [0.05, 0.1) is 17.7 Å². The quantitative estimate of drug-likeness (QED) is 0.906. The highest BCUT2D eigenvalue weighted by atomic mass is 32.2. The molecule has 2 amide bonds. The largest absolute Gasteiger partial charge is 0.348 e. The first-order chi connectivity index (χ1) is 9.24. The van der Waals surface area contributed by atoms with Gasteiger partial charge in [0.15, 0.2) is 0 Å². The summed E-state index contributed by atoms with van der Waals surface area (Å²) in [6.45, 7) is 0.185. The number of thioether (sulfide) groups is 1. The van der Waals surface area contributed by atoms with Gasteiger partial charge in [0, 0.05) is 0 Å². The Balaban J connectivity index is 1.60. The van der Waals surface area contributed by atoms with Crippen LogP contribution in [0, 0.1) is 0 Å². The van der Waals surface area contributed by atoms with Gasteiger partial charge in [0.25, 0.3) is 0 Å². The number of carbonyl (C=O) groups is 2. The van der Waals surface area contributed by atoms with Gasteiger partial charge in [-0.2, -0.15) is 0 Å². The maximum absolute atomic E-state index is 12.0. The number of nitrogens with one attached hydrogen (secondary N) is 1. The highest BCUT2D eigenvalue weighted by Crippen LogP contribution is 2.30. The van der Waals surface area contributed by atoms with E-state index < -0.39 is 0 Å². The second-order valence-corrected chi connectivity index (χ2v) is 5.88. The lowest BCUT2D eigenvalue weighted by Crippen LogP contribution is -2.39. The second kappa shape index (κ2) is 5.25. The SMILES string of the molecule is O=C(CN1CSCC1=O)NC1CCc2ccccc21. The molecular weight excluding hydrogens is 260 g/mol. The minimum absolute atomic E-state index is 0.0578. The van der Waals surface area contributed by atoms with Crippen LogP contribution in [0.25, 0.3) is 0 Å². The predicted octanol–water partition coefficient (Wildman–Crippen LogP) is 1.32. The number of fused-ring (bicyclic) bond motifs is 1. The second-order valence-electron chi connectivity index (χ2n) is 4.93. The van der Waals surface area contributed by atoms with Crippen LogP contribution in [0.4, 0.5) is 0 Å². The van der Waals surface area contributed by atoms with Crippen LogP contribution in [0.1, 0.15) is 23.6 Å². The van der Waals surface area contributed by atoms with Crippen LogP contribution in [0.5, 0.6) is 0 Å². The molecule has 19 heavy (non-hydrogen) atoms. The fourth-order valence-electron chi connectivity index (χ4n) is 2.66. The van der Waals surface area contributed by atoms with Crippen molar-refractivity contribution in [1.29, 1.82) is 0 Å². The molecule has 5 heteroatoms. The molecule has 1 aliphatic heterocycles. The van der Waals surface area contributed by atoms with E-state index in [2.05, 4.69) is 17.4 Å². The molecule has 1 fully saturated rings. The van der Waals surface area contributed by atoms with E-state index in [1.165, 1.54) is 11.1 Å². The zero-order valence-electron chi connectivity index (χ0n) is 10.6. The van der Waals surface area contributed by atoms with Crippen molar-refractivity contribution in [3.8, 4) is 0 Å². The topological polar surface area (TPSA) is 49.4 Å². The van der Waals surface area contributed by atoms with Crippen molar-refractivity contribution < 1.29 is 9.59 Å². The van der Waals surface area contributed by atoms with Crippen molar-refractivity contribution in [3.05, 3.63) is 35.4 Å². The molecule has 0 spiro atoms. The Morgan fingerprint density at radius 2 is 2.26 bits per heavy atom. The number of rotatable bonds is 3. The average molecular weight is 276 g/mol. The van der Waals surface area contributed by atoms with E-state index in [0.29, 0.717) is 11.6 Å². The molecule has 0 radical (unpaired) electrons. The van der Waals surface area contributed by atoms with Gasteiger partial charge in [-0.3, -0.25) is 9.59 Å². The number of aryl methyl sites for hydroxylation is 1. The summed E-state index contributed by atoms with van der Waals surface area (Å²) >= 11 is 1.56.